The molecule has 2 rings (SSSR count). The first-order chi connectivity index (χ1) is 9.86. The number of hydrogen-bond acceptors (Lipinski definition) is 4. The topological polar surface area (TPSA) is 87.2 Å². The minimum Gasteiger partial charge on any atom is -0.398 e. The number of rotatable bonds is 3. The van der Waals surface area contributed by atoms with Gasteiger partial charge in [0.1, 0.15) is 0 Å². The zero-order chi connectivity index (χ0) is 15.6. The molecular weight excluding hydrogens is 354 g/mol. The largest absolute Gasteiger partial charge is 0.398 e. The third-order valence-electron chi connectivity index (χ3n) is 2.97. The second kappa shape index (κ2) is 5.76. The molecule has 0 amide bonds. The van der Waals surface area contributed by atoms with Crippen molar-refractivity contribution in [3.63, 3.8) is 0 Å². The molecule has 0 aliphatic heterocycles. The van der Waals surface area contributed by atoms with Crippen molar-refractivity contribution in [2.24, 2.45) is 0 Å². The third-order valence-corrected chi connectivity index (χ3v) is 5.44. The summed E-state index contributed by atoms with van der Waals surface area (Å²) in [6.45, 7) is 0. The van der Waals surface area contributed by atoms with E-state index < -0.39 is 10.0 Å². The van der Waals surface area contributed by atoms with Crippen molar-refractivity contribution in [3.8, 4) is 6.07 Å². The maximum absolute atomic E-state index is 12.6. The fourth-order valence-electron chi connectivity index (χ4n) is 1.74. The first-order valence-corrected chi connectivity index (χ1v) is 8.13. The van der Waals surface area contributed by atoms with Gasteiger partial charge >= 0.3 is 0 Å². The predicted molar refractivity (Wildman–Crippen MR) is 85.3 cm³/mol. The van der Waals surface area contributed by atoms with E-state index in [9.17, 15) is 8.42 Å². The summed E-state index contributed by atoms with van der Waals surface area (Å²) in [5.41, 5.74) is 6.94. The van der Waals surface area contributed by atoms with E-state index in [4.69, 9.17) is 11.0 Å². The Labute approximate surface area is 131 Å². The smallest absolute Gasteiger partial charge is 0.264 e. The average Bonchev–Trinajstić information content (AvgIpc) is 2.49. The number of nitriles is 1. The van der Waals surface area contributed by atoms with Gasteiger partial charge in [-0.25, -0.2) is 8.42 Å². The zero-order valence-corrected chi connectivity index (χ0v) is 13.5. The van der Waals surface area contributed by atoms with Crippen molar-refractivity contribution in [1.82, 2.24) is 0 Å². The number of nitrogen functional groups attached to an aromatic ring is 1. The normalized spacial score (nSPS) is 10.9. The molecule has 0 radical (unpaired) electrons. The monoisotopic (exact) mass is 365 g/mol. The quantitative estimate of drug-likeness (QED) is 0.847. The molecular formula is C14H12BrN3O2S. The summed E-state index contributed by atoms with van der Waals surface area (Å²) in [5.74, 6) is 0. The van der Waals surface area contributed by atoms with Crippen LogP contribution in [0.3, 0.4) is 0 Å². The van der Waals surface area contributed by atoms with E-state index in [1.165, 1.54) is 31.3 Å². The van der Waals surface area contributed by atoms with Crippen LogP contribution in [-0.4, -0.2) is 15.5 Å². The van der Waals surface area contributed by atoms with Crippen molar-refractivity contribution in [1.29, 1.82) is 5.26 Å². The maximum Gasteiger partial charge on any atom is 0.264 e. The number of sulfonamides is 1. The fourth-order valence-corrected chi connectivity index (χ4v) is 3.48. The van der Waals surface area contributed by atoms with Gasteiger partial charge < -0.3 is 5.73 Å². The van der Waals surface area contributed by atoms with Gasteiger partial charge in [0.2, 0.25) is 0 Å². The number of nitrogens with zero attached hydrogens (tertiary/aromatic N) is 2. The summed E-state index contributed by atoms with van der Waals surface area (Å²) in [5, 5.41) is 8.89. The molecule has 0 atom stereocenters. The van der Waals surface area contributed by atoms with Gasteiger partial charge in [-0.15, -0.1) is 0 Å². The lowest BCUT2D eigenvalue weighted by atomic mass is 10.2. The highest BCUT2D eigenvalue weighted by atomic mass is 79.9. The molecule has 0 bridgehead atoms. The van der Waals surface area contributed by atoms with Gasteiger partial charge in [0, 0.05) is 17.2 Å². The lowest BCUT2D eigenvalue weighted by Crippen LogP contribution is -2.26. The molecule has 108 valence electrons. The van der Waals surface area contributed by atoms with Crippen LogP contribution >= 0.6 is 15.9 Å². The molecule has 0 aliphatic rings. The molecule has 2 N–H and O–H groups in total. The number of hydrogen-bond donors (Lipinski definition) is 1. The zero-order valence-electron chi connectivity index (χ0n) is 11.1. The summed E-state index contributed by atoms with van der Waals surface area (Å²) in [6.07, 6.45) is 0. The van der Waals surface area contributed by atoms with Gasteiger partial charge in [-0.3, -0.25) is 4.31 Å². The number of anilines is 2. The average molecular weight is 366 g/mol. The first-order valence-electron chi connectivity index (χ1n) is 5.90. The molecule has 0 spiro atoms. The van der Waals surface area contributed by atoms with Crippen LogP contribution in [0.5, 0.6) is 0 Å². The van der Waals surface area contributed by atoms with Gasteiger partial charge in [-0.1, -0.05) is 6.07 Å². The SMILES string of the molecule is CN(c1cccc(C#N)c1)S(=O)(=O)c1ccc(N)c(Br)c1. The Kier molecular flexibility index (Phi) is 4.21. The second-order valence-electron chi connectivity index (χ2n) is 4.32. The van der Waals surface area contributed by atoms with Crippen LogP contribution < -0.4 is 10.0 Å². The Morgan fingerprint density at radius 2 is 1.95 bits per heavy atom. The van der Waals surface area contributed by atoms with Gasteiger partial charge in [0.05, 0.1) is 22.2 Å². The highest BCUT2D eigenvalue weighted by molar-refractivity contribution is 9.10. The fraction of sp³-hybridized carbons (Fsp3) is 0.0714. The van der Waals surface area contributed by atoms with E-state index in [2.05, 4.69) is 15.9 Å². The molecule has 5 nitrogen and oxygen atoms in total. The summed E-state index contributed by atoms with van der Waals surface area (Å²) in [7, 11) is -2.28. The first kappa shape index (κ1) is 15.4. The van der Waals surface area contributed by atoms with Crippen LogP contribution in [0.4, 0.5) is 11.4 Å². The minimum absolute atomic E-state index is 0.119. The van der Waals surface area contributed by atoms with E-state index in [0.717, 1.165) is 4.31 Å². The number of halogens is 1. The van der Waals surface area contributed by atoms with Crippen molar-refractivity contribution in [3.05, 3.63) is 52.5 Å². The van der Waals surface area contributed by atoms with E-state index in [1.807, 2.05) is 6.07 Å². The number of benzene rings is 2. The molecule has 7 heteroatoms. The molecule has 0 saturated carbocycles. The number of nitrogens with two attached hydrogens (primary N) is 1. The standard InChI is InChI=1S/C14H12BrN3O2S/c1-18(11-4-2-3-10(7-11)9-16)21(19,20)12-5-6-14(17)13(15)8-12/h2-8H,17H2,1H3. The van der Waals surface area contributed by atoms with Gasteiger partial charge in [0.25, 0.3) is 10.0 Å². The van der Waals surface area contributed by atoms with Gasteiger partial charge in [-0.2, -0.15) is 5.26 Å². The molecule has 0 fully saturated rings. The molecule has 0 unspecified atom stereocenters. The van der Waals surface area contributed by atoms with Crippen molar-refractivity contribution in [2.75, 3.05) is 17.1 Å². The Morgan fingerprint density at radius 1 is 1.24 bits per heavy atom. The highest BCUT2D eigenvalue weighted by Crippen LogP contribution is 2.27. The van der Waals surface area contributed by atoms with Crippen LogP contribution in [0.1, 0.15) is 5.56 Å². The summed E-state index contributed by atoms with van der Waals surface area (Å²) in [6, 6.07) is 12.8. The van der Waals surface area contributed by atoms with Crippen LogP contribution in [-0.2, 0) is 10.0 Å². The predicted octanol–water partition coefficient (Wildman–Crippen LogP) is 2.73. The van der Waals surface area contributed by atoms with Crippen molar-refractivity contribution in [2.45, 2.75) is 4.90 Å². The maximum atomic E-state index is 12.6. The minimum atomic E-state index is -3.72. The van der Waals surface area contributed by atoms with Crippen molar-refractivity contribution >= 4 is 37.3 Å². The highest BCUT2D eigenvalue weighted by Gasteiger charge is 2.22. The summed E-state index contributed by atoms with van der Waals surface area (Å²) < 4.78 is 26.8. The Bertz CT molecular complexity index is 828. The molecule has 2 aromatic carbocycles. The Morgan fingerprint density at radius 3 is 2.57 bits per heavy atom. The van der Waals surface area contributed by atoms with Crippen LogP contribution in [0, 0.1) is 11.3 Å². The Balaban J connectivity index is 2.47. The van der Waals surface area contributed by atoms with E-state index in [-0.39, 0.29) is 4.90 Å². The van der Waals surface area contributed by atoms with Crippen LogP contribution in [0.15, 0.2) is 51.8 Å². The molecule has 2 aromatic rings. The molecule has 0 aromatic heterocycles. The molecule has 0 aliphatic carbocycles. The Hall–Kier alpha value is -2.04. The van der Waals surface area contributed by atoms with Gasteiger partial charge in [0.15, 0.2) is 0 Å². The van der Waals surface area contributed by atoms with E-state index >= 15 is 0 Å². The molecule has 21 heavy (non-hydrogen) atoms. The lowest BCUT2D eigenvalue weighted by molar-refractivity contribution is 0.594. The van der Waals surface area contributed by atoms with Crippen molar-refractivity contribution < 1.29 is 8.42 Å². The van der Waals surface area contributed by atoms with Gasteiger partial charge in [-0.05, 0) is 52.3 Å². The lowest BCUT2D eigenvalue weighted by Gasteiger charge is -2.20. The van der Waals surface area contributed by atoms with Crippen LogP contribution in [0.2, 0.25) is 0 Å². The summed E-state index contributed by atoms with van der Waals surface area (Å²) >= 11 is 3.22. The third kappa shape index (κ3) is 3.01. The van der Waals surface area contributed by atoms with Crippen LogP contribution in [0.25, 0.3) is 0 Å². The molecule has 0 heterocycles. The molecule has 0 saturated heterocycles. The van der Waals surface area contributed by atoms with E-state index in [1.54, 1.807) is 18.2 Å². The van der Waals surface area contributed by atoms with E-state index in [0.29, 0.717) is 21.4 Å². The summed E-state index contributed by atoms with van der Waals surface area (Å²) in [4.78, 5) is 0.119. The second-order valence-corrected chi connectivity index (χ2v) is 7.14.